The molecule has 0 aliphatic carbocycles. The lowest BCUT2D eigenvalue weighted by molar-refractivity contribution is -0.136. The Bertz CT molecular complexity index is 1060. The van der Waals surface area contributed by atoms with Crippen LogP contribution in [0.4, 0.5) is 0 Å². The van der Waals surface area contributed by atoms with Gasteiger partial charge in [-0.2, -0.15) is 0 Å². The minimum atomic E-state index is -0.330. The van der Waals surface area contributed by atoms with Gasteiger partial charge in [-0.05, 0) is 50.4 Å². The molecule has 2 fully saturated rings. The van der Waals surface area contributed by atoms with Crippen LogP contribution in [0, 0.1) is 5.92 Å². The topological polar surface area (TPSA) is 56.4 Å². The molecule has 31 heavy (non-hydrogen) atoms. The second-order valence-corrected chi connectivity index (χ2v) is 8.77. The van der Waals surface area contributed by atoms with E-state index in [0.717, 1.165) is 73.9 Å². The van der Waals surface area contributed by atoms with E-state index < -0.39 is 0 Å². The number of nitrogens with zero attached hydrogens (tertiary/aromatic N) is 2. The van der Waals surface area contributed by atoms with Crippen molar-refractivity contribution in [3.05, 3.63) is 71.9 Å². The summed E-state index contributed by atoms with van der Waals surface area (Å²) in [6, 6.07) is 17.7. The molecule has 0 radical (unpaired) electrons. The zero-order chi connectivity index (χ0) is 21.2. The van der Waals surface area contributed by atoms with Gasteiger partial charge in [-0.3, -0.25) is 14.5 Å². The second-order valence-electron chi connectivity index (χ2n) is 8.77. The number of ketones is 1. The van der Waals surface area contributed by atoms with E-state index in [0.29, 0.717) is 5.91 Å². The summed E-state index contributed by atoms with van der Waals surface area (Å²) in [7, 11) is 0. The van der Waals surface area contributed by atoms with Crippen molar-refractivity contribution in [2.24, 2.45) is 5.92 Å². The molecule has 2 aliphatic rings. The van der Waals surface area contributed by atoms with E-state index >= 15 is 0 Å². The third-order valence-electron chi connectivity index (χ3n) is 6.88. The lowest BCUT2D eigenvalue weighted by Crippen LogP contribution is -2.44. The first-order valence-corrected chi connectivity index (χ1v) is 11.4. The molecular formula is C26H29N3O2. The molecule has 5 heteroatoms. The smallest absolute Gasteiger partial charge is 0.225 e. The van der Waals surface area contributed by atoms with E-state index in [-0.39, 0.29) is 17.7 Å². The molecule has 1 aromatic heterocycles. The SMILES string of the molecule is O=C(c1c[nH]c2ccccc12)C(c1ccccc1)N1CCC(C(=O)N2CCCC2)CC1. The van der Waals surface area contributed by atoms with Crippen molar-refractivity contribution in [2.75, 3.05) is 26.2 Å². The molecule has 2 aromatic carbocycles. The van der Waals surface area contributed by atoms with Gasteiger partial charge >= 0.3 is 0 Å². The van der Waals surface area contributed by atoms with Crippen LogP contribution in [0.1, 0.15) is 47.6 Å². The number of piperidine rings is 1. The number of rotatable bonds is 5. The number of para-hydroxylation sites is 1. The Hall–Kier alpha value is -2.92. The maximum Gasteiger partial charge on any atom is 0.225 e. The van der Waals surface area contributed by atoms with Crippen molar-refractivity contribution in [3.8, 4) is 0 Å². The molecule has 3 heterocycles. The monoisotopic (exact) mass is 415 g/mol. The predicted molar refractivity (Wildman–Crippen MR) is 122 cm³/mol. The molecule has 1 amide bonds. The van der Waals surface area contributed by atoms with Crippen molar-refractivity contribution < 1.29 is 9.59 Å². The van der Waals surface area contributed by atoms with Gasteiger partial charge in [0.15, 0.2) is 5.78 Å². The molecule has 5 nitrogen and oxygen atoms in total. The molecule has 1 atom stereocenters. The van der Waals surface area contributed by atoms with Crippen LogP contribution in [-0.2, 0) is 4.79 Å². The summed E-state index contributed by atoms with van der Waals surface area (Å²) < 4.78 is 0. The lowest BCUT2D eigenvalue weighted by atomic mass is 9.90. The highest BCUT2D eigenvalue weighted by Crippen LogP contribution is 2.32. The molecule has 1 N–H and O–H groups in total. The maximum absolute atomic E-state index is 13.8. The first-order chi connectivity index (χ1) is 15.2. The first-order valence-electron chi connectivity index (χ1n) is 11.4. The maximum atomic E-state index is 13.8. The number of amides is 1. The Kier molecular flexibility index (Phi) is 5.60. The molecule has 160 valence electrons. The molecule has 0 bridgehead atoms. The highest BCUT2D eigenvalue weighted by Gasteiger charge is 2.35. The number of aromatic nitrogens is 1. The molecule has 5 rings (SSSR count). The summed E-state index contributed by atoms with van der Waals surface area (Å²) in [5, 5.41) is 0.965. The number of hydrogen-bond donors (Lipinski definition) is 1. The Balaban J connectivity index is 1.39. The quantitative estimate of drug-likeness (QED) is 0.628. The van der Waals surface area contributed by atoms with Crippen LogP contribution in [0.3, 0.4) is 0 Å². The van der Waals surface area contributed by atoms with E-state index in [2.05, 4.69) is 9.88 Å². The Morgan fingerprint density at radius 3 is 2.29 bits per heavy atom. The van der Waals surface area contributed by atoms with Gasteiger partial charge < -0.3 is 9.88 Å². The van der Waals surface area contributed by atoms with Crippen LogP contribution in [0.25, 0.3) is 10.9 Å². The van der Waals surface area contributed by atoms with E-state index in [4.69, 9.17) is 0 Å². The van der Waals surface area contributed by atoms with Crippen molar-refractivity contribution in [3.63, 3.8) is 0 Å². The van der Waals surface area contributed by atoms with Crippen LogP contribution < -0.4 is 0 Å². The van der Waals surface area contributed by atoms with Crippen LogP contribution in [0.5, 0.6) is 0 Å². The predicted octanol–water partition coefficient (Wildman–Crippen LogP) is 4.43. The van der Waals surface area contributed by atoms with Gasteiger partial charge in [0.2, 0.25) is 5.91 Å². The van der Waals surface area contributed by atoms with Gasteiger partial charge in [0.1, 0.15) is 0 Å². The number of fused-ring (bicyclic) bond motifs is 1. The largest absolute Gasteiger partial charge is 0.360 e. The summed E-state index contributed by atoms with van der Waals surface area (Å²) in [6.07, 6.45) is 5.73. The number of H-pyrrole nitrogens is 1. The van der Waals surface area contributed by atoms with Gasteiger partial charge in [-0.15, -0.1) is 0 Å². The third kappa shape index (κ3) is 3.90. The summed E-state index contributed by atoms with van der Waals surface area (Å²) >= 11 is 0. The number of aromatic amines is 1. The zero-order valence-corrected chi connectivity index (χ0v) is 17.8. The van der Waals surface area contributed by atoms with Crippen LogP contribution in [0.2, 0.25) is 0 Å². The molecule has 3 aromatic rings. The van der Waals surface area contributed by atoms with Gasteiger partial charge in [0, 0.05) is 41.7 Å². The van der Waals surface area contributed by atoms with Crippen LogP contribution in [-0.4, -0.2) is 52.7 Å². The molecule has 1 unspecified atom stereocenters. The van der Waals surface area contributed by atoms with Crippen molar-refractivity contribution in [1.82, 2.24) is 14.8 Å². The highest BCUT2D eigenvalue weighted by molar-refractivity contribution is 6.10. The zero-order valence-electron chi connectivity index (χ0n) is 17.8. The van der Waals surface area contributed by atoms with Crippen molar-refractivity contribution in [2.45, 2.75) is 31.7 Å². The Morgan fingerprint density at radius 2 is 1.55 bits per heavy atom. The fourth-order valence-corrected chi connectivity index (χ4v) is 5.19. The second kappa shape index (κ2) is 8.67. The fraction of sp³-hybridized carbons (Fsp3) is 0.385. The van der Waals surface area contributed by atoms with E-state index in [1.807, 2.05) is 65.7 Å². The Morgan fingerprint density at radius 1 is 0.871 bits per heavy atom. The van der Waals surface area contributed by atoms with Crippen molar-refractivity contribution >= 4 is 22.6 Å². The van der Waals surface area contributed by atoms with E-state index in [9.17, 15) is 9.59 Å². The lowest BCUT2D eigenvalue weighted by Gasteiger charge is -2.37. The van der Waals surface area contributed by atoms with E-state index in [1.54, 1.807) is 0 Å². The summed E-state index contributed by atoms with van der Waals surface area (Å²) in [4.78, 5) is 34.2. The minimum Gasteiger partial charge on any atom is -0.360 e. The average molecular weight is 416 g/mol. The summed E-state index contributed by atoms with van der Waals surface area (Å²) in [5.41, 5.74) is 2.73. The third-order valence-corrected chi connectivity index (χ3v) is 6.88. The van der Waals surface area contributed by atoms with Gasteiger partial charge in [0.05, 0.1) is 6.04 Å². The van der Waals surface area contributed by atoms with Crippen LogP contribution >= 0.6 is 0 Å². The fourth-order valence-electron chi connectivity index (χ4n) is 5.19. The first kappa shape index (κ1) is 20.0. The molecular weight excluding hydrogens is 386 g/mol. The normalized spacial score (nSPS) is 19.0. The number of hydrogen-bond acceptors (Lipinski definition) is 3. The van der Waals surface area contributed by atoms with E-state index in [1.165, 1.54) is 0 Å². The summed E-state index contributed by atoms with van der Waals surface area (Å²) in [5.74, 6) is 0.526. The molecule has 2 saturated heterocycles. The average Bonchev–Trinajstić information content (AvgIpc) is 3.50. The summed E-state index contributed by atoms with van der Waals surface area (Å²) in [6.45, 7) is 3.34. The van der Waals surface area contributed by atoms with Crippen LogP contribution in [0.15, 0.2) is 60.8 Å². The highest BCUT2D eigenvalue weighted by atomic mass is 16.2. The minimum absolute atomic E-state index is 0.0916. The number of carbonyl (C=O) groups is 2. The standard InChI is InChI=1S/C26H29N3O2/c30-25(22-18-27-23-11-5-4-10-21(22)23)24(19-8-2-1-3-9-19)28-16-12-20(13-17-28)26(31)29-14-6-7-15-29/h1-5,8-11,18,20,24,27H,6-7,12-17H2. The molecule has 2 aliphatic heterocycles. The number of nitrogens with one attached hydrogen (secondary N) is 1. The van der Waals surface area contributed by atoms with Gasteiger partial charge in [0.25, 0.3) is 0 Å². The number of benzene rings is 2. The van der Waals surface area contributed by atoms with Gasteiger partial charge in [-0.25, -0.2) is 0 Å². The Labute approximate surface area is 183 Å². The van der Waals surface area contributed by atoms with Gasteiger partial charge in [-0.1, -0.05) is 48.5 Å². The van der Waals surface area contributed by atoms with Crippen molar-refractivity contribution in [1.29, 1.82) is 0 Å². The number of likely N-dealkylation sites (tertiary alicyclic amines) is 2. The number of Topliss-reactive ketones (excluding diaryl/α,β-unsaturated/α-hetero) is 1. The molecule has 0 spiro atoms. The number of carbonyl (C=O) groups excluding carboxylic acids is 2. The molecule has 0 saturated carbocycles.